The molecule has 154 valence electrons. The Morgan fingerprint density at radius 2 is 1.26 bits per heavy atom. The zero-order valence-electron chi connectivity index (χ0n) is 17.2. The molecule has 5 heteroatoms. The van der Waals surface area contributed by atoms with Gasteiger partial charge in [-0.3, -0.25) is 0 Å². The summed E-state index contributed by atoms with van der Waals surface area (Å²) in [6, 6.07) is 17.4. The molecule has 5 nitrogen and oxygen atoms in total. The molecule has 0 bridgehead atoms. The molecule has 0 aliphatic rings. The van der Waals surface area contributed by atoms with Crippen LogP contribution in [-0.4, -0.2) is 11.9 Å². The third-order valence-electron chi connectivity index (χ3n) is 4.05. The van der Waals surface area contributed by atoms with Crippen molar-refractivity contribution in [2.24, 2.45) is 0 Å². The molecule has 0 saturated carbocycles. The van der Waals surface area contributed by atoms with E-state index in [-0.39, 0.29) is 0 Å². The highest BCUT2D eigenvalue weighted by molar-refractivity contribution is 5.89. The van der Waals surface area contributed by atoms with Gasteiger partial charge in [0.05, 0.1) is 0 Å². The second kappa shape index (κ2) is 9.47. The van der Waals surface area contributed by atoms with Gasteiger partial charge in [0, 0.05) is 22.3 Å². The van der Waals surface area contributed by atoms with Crippen LogP contribution in [0.25, 0.3) is 11.3 Å². The number of ether oxygens (including phenoxy) is 2. The molecule has 0 radical (unpaired) electrons. The summed E-state index contributed by atoms with van der Waals surface area (Å²) in [4.78, 5) is 23.1. The molecule has 3 rings (SSSR count). The minimum absolute atomic E-state index is 0.333. The first-order valence-corrected chi connectivity index (χ1v) is 9.39. The minimum Gasteiger partial charge on any atom is -0.448 e. The first kappa shape index (κ1) is 21.4. The quantitative estimate of drug-likeness (QED) is 0.246. The van der Waals surface area contributed by atoms with Gasteiger partial charge in [-0.15, -0.1) is 0 Å². The van der Waals surface area contributed by atoms with E-state index in [1.165, 1.54) is 0 Å². The minimum atomic E-state index is -0.469. The summed E-state index contributed by atoms with van der Waals surface area (Å²) in [5, 5.41) is 0. The third-order valence-corrected chi connectivity index (χ3v) is 4.05. The molecular formula is C26H20O5. The number of benzene rings is 2. The molecule has 0 amide bonds. The summed E-state index contributed by atoms with van der Waals surface area (Å²) in [6.45, 7) is 10.3. The van der Waals surface area contributed by atoms with Gasteiger partial charge >= 0.3 is 11.9 Å². The molecule has 0 unspecified atom stereocenters. The van der Waals surface area contributed by atoms with Crippen LogP contribution in [0.4, 0.5) is 0 Å². The van der Waals surface area contributed by atoms with Gasteiger partial charge in [-0.05, 0) is 80.4 Å². The molecular weight excluding hydrogens is 392 g/mol. The zero-order chi connectivity index (χ0) is 22.4. The van der Waals surface area contributed by atoms with Crippen LogP contribution < -0.4 is 9.47 Å². The first-order valence-electron chi connectivity index (χ1n) is 9.39. The molecule has 2 aromatic carbocycles. The highest BCUT2D eigenvalue weighted by Gasteiger charge is 2.08. The maximum absolute atomic E-state index is 11.6. The second-order valence-corrected chi connectivity index (χ2v) is 6.80. The predicted molar refractivity (Wildman–Crippen MR) is 117 cm³/mol. The standard InChI is InChI=1S/C26H20O5/c1-17(2)25(27)30-22-11-6-19(7-12-22)5-10-21-15-16-24(29-21)20-8-13-23(14-9-20)31-26(28)18(3)4/h6-9,11-16H,1,3H2,2,4H3. The van der Waals surface area contributed by atoms with Crippen molar-refractivity contribution < 1.29 is 23.5 Å². The number of hydrogen-bond donors (Lipinski definition) is 0. The number of rotatable bonds is 5. The lowest BCUT2D eigenvalue weighted by atomic mass is 10.2. The van der Waals surface area contributed by atoms with Crippen LogP contribution in [-0.2, 0) is 9.59 Å². The molecule has 0 fully saturated rings. The van der Waals surface area contributed by atoms with Crippen LogP contribution >= 0.6 is 0 Å². The molecule has 31 heavy (non-hydrogen) atoms. The van der Waals surface area contributed by atoms with Crippen molar-refractivity contribution >= 4 is 11.9 Å². The number of esters is 2. The Bertz CT molecular complexity index is 1200. The van der Waals surface area contributed by atoms with E-state index in [0.717, 1.165) is 11.1 Å². The lowest BCUT2D eigenvalue weighted by molar-refractivity contribution is -0.130. The van der Waals surface area contributed by atoms with Gasteiger partial charge in [0.2, 0.25) is 0 Å². The molecule has 0 spiro atoms. The maximum atomic E-state index is 11.6. The summed E-state index contributed by atoms with van der Waals surface area (Å²) >= 11 is 0. The van der Waals surface area contributed by atoms with Crippen molar-refractivity contribution in [2.45, 2.75) is 13.8 Å². The van der Waals surface area contributed by atoms with Gasteiger partial charge < -0.3 is 13.9 Å². The summed E-state index contributed by atoms with van der Waals surface area (Å²) < 4.78 is 16.1. The fraction of sp³-hybridized carbons (Fsp3) is 0.0769. The highest BCUT2D eigenvalue weighted by atomic mass is 16.5. The predicted octanol–water partition coefficient (Wildman–Crippen LogP) is 5.31. The van der Waals surface area contributed by atoms with Crippen LogP contribution in [0.5, 0.6) is 11.5 Å². The number of carbonyl (C=O) groups is 2. The fourth-order valence-electron chi connectivity index (χ4n) is 2.38. The Kier molecular flexibility index (Phi) is 6.54. The van der Waals surface area contributed by atoms with Crippen molar-refractivity contribution in [2.75, 3.05) is 0 Å². The normalized spacial score (nSPS) is 9.87. The average Bonchev–Trinajstić information content (AvgIpc) is 3.22. The van der Waals surface area contributed by atoms with E-state index in [1.807, 2.05) is 6.07 Å². The highest BCUT2D eigenvalue weighted by Crippen LogP contribution is 2.24. The number of hydrogen-bond acceptors (Lipinski definition) is 5. The first-order chi connectivity index (χ1) is 14.8. The molecule has 0 saturated heterocycles. The lowest BCUT2D eigenvalue weighted by Crippen LogP contribution is -2.07. The van der Waals surface area contributed by atoms with Crippen LogP contribution in [0, 0.1) is 11.8 Å². The van der Waals surface area contributed by atoms with Gasteiger partial charge in [-0.2, -0.15) is 0 Å². The topological polar surface area (TPSA) is 65.7 Å². The Labute approximate surface area is 180 Å². The van der Waals surface area contributed by atoms with Crippen molar-refractivity contribution in [3.63, 3.8) is 0 Å². The number of furan rings is 1. The van der Waals surface area contributed by atoms with E-state index in [0.29, 0.717) is 34.2 Å². The molecule has 0 atom stereocenters. The summed E-state index contributed by atoms with van der Waals surface area (Å²) in [7, 11) is 0. The van der Waals surface area contributed by atoms with Gasteiger partial charge in [0.15, 0.2) is 5.76 Å². The second-order valence-electron chi connectivity index (χ2n) is 6.80. The molecule has 3 aromatic rings. The Morgan fingerprint density at radius 3 is 1.77 bits per heavy atom. The van der Waals surface area contributed by atoms with E-state index in [1.54, 1.807) is 68.4 Å². The van der Waals surface area contributed by atoms with E-state index < -0.39 is 11.9 Å². The van der Waals surface area contributed by atoms with E-state index in [9.17, 15) is 9.59 Å². The lowest BCUT2D eigenvalue weighted by Gasteiger charge is -2.04. The summed E-state index contributed by atoms with van der Waals surface area (Å²) in [5.74, 6) is 7.03. The largest absolute Gasteiger partial charge is 0.448 e. The van der Waals surface area contributed by atoms with Crippen LogP contribution in [0.1, 0.15) is 25.2 Å². The fourth-order valence-corrected chi connectivity index (χ4v) is 2.38. The molecule has 1 aromatic heterocycles. The Hall–Kier alpha value is -4.30. The molecule has 0 aliphatic heterocycles. The average molecular weight is 412 g/mol. The van der Waals surface area contributed by atoms with E-state index in [2.05, 4.69) is 25.0 Å². The zero-order valence-corrected chi connectivity index (χ0v) is 17.2. The van der Waals surface area contributed by atoms with Crippen molar-refractivity contribution in [3.05, 3.63) is 96.3 Å². The monoisotopic (exact) mass is 412 g/mol. The maximum Gasteiger partial charge on any atom is 0.338 e. The van der Waals surface area contributed by atoms with Crippen LogP contribution in [0.15, 0.2) is 89.4 Å². The molecule has 1 heterocycles. The van der Waals surface area contributed by atoms with Gasteiger partial charge in [-0.1, -0.05) is 19.1 Å². The summed E-state index contributed by atoms with van der Waals surface area (Å²) in [6.07, 6.45) is 0. The smallest absolute Gasteiger partial charge is 0.338 e. The van der Waals surface area contributed by atoms with Crippen LogP contribution in [0.3, 0.4) is 0 Å². The third kappa shape index (κ3) is 5.84. The van der Waals surface area contributed by atoms with E-state index >= 15 is 0 Å². The van der Waals surface area contributed by atoms with Crippen molar-refractivity contribution in [1.82, 2.24) is 0 Å². The molecule has 0 aliphatic carbocycles. The summed E-state index contributed by atoms with van der Waals surface area (Å²) in [5.41, 5.74) is 2.24. The van der Waals surface area contributed by atoms with E-state index in [4.69, 9.17) is 13.9 Å². The van der Waals surface area contributed by atoms with Gasteiger partial charge in [-0.25, -0.2) is 9.59 Å². The van der Waals surface area contributed by atoms with Gasteiger partial charge in [0.25, 0.3) is 0 Å². The van der Waals surface area contributed by atoms with Crippen molar-refractivity contribution in [3.8, 4) is 34.7 Å². The SMILES string of the molecule is C=C(C)C(=O)Oc1ccc(C#Cc2ccc(-c3ccc(OC(=O)C(=C)C)cc3)o2)cc1. The Morgan fingerprint density at radius 1 is 0.742 bits per heavy atom. The van der Waals surface area contributed by atoms with Gasteiger partial charge in [0.1, 0.15) is 17.3 Å². The molecule has 0 N–H and O–H groups in total. The Balaban J connectivity index is 1.66. The van der Waals surface area contributed by atoms with Crippen molar-refractivity contribution in [1.29, 1.82) is 0 Å². The van der Waals surface area contributed by atoms with Crippen LogP contribution in [0.2, 0.25) is 0 Å². The number of carbonyl (C=O) groups excluding carboxylic acids is 2.